The van der Waals surface area contributed by atoms with E-state index < -0.39 is 9.84 Å². The number of benzene rings is 2. The topological polar surface area (TPSA) is 70.0 Å². The molecule has 3 heterocycles. The van der Waals surface area contributed by atoms with E-state index in [1.165, 1.54) is 35.9 Å². The highest BCUT2D eigenvalue weighted by atomic mass is 32.2. The second-order valence-electron chi connectivity index (χ2n) is 10.2. The maximum Gasteiger partial charge on any atom is 0.250 e. The van der Waals surface area contributed by atoms with Crippen molar-refractivity contribution < 1.29 is 13.2 Å². The average Bonchev–Trinajstić information content (AvgIpc) is 3.31. The van der Waals surface area contributed by atoms with Gasteiger partial charge in [0.05, 0.1) is 17.5 Å². The normalized spacial score (nSPS) is 25.4. The number of piperidine rings is 1. The van der Waals surface area contributed by atoms with E-state index in [0.29, 0.717) is 11.1 Å². The van der Waals surface area contributed by atoms with Crippen LogP contribution in [0.15, 0.2) is 59.6 Å². The van der Waals surface area contributed by atoms with Gasteiger partial charge in [0.25, 0.3) is 5.91 Å². The second-order valence-corrected chi connectivity index (χ2v) is 13.6. The monoisotopic (exact) mass is 511 g/mol. The Balaban J connectivity index is 1.29. The van der Waals surface area contributed by atoms with Gasteiger partial charge in [-0.3, -0.25) is 4.79 Å². The lowest BCUT2D eigenvalue weighted by atomic mass is 9.90. The van der Waals surface area contributed by atoms with Gasteiger partial charge in [0.15, 0.2) is 15.0 Å². The summed E-state index contributed by atoms with van der Waals surface area (Å²) in [6, 6.07) is 18.9. The number of carbonyl (C=O) groups excluding carboxylic acids is 1. The van der Waals surface area contributed by atoms with E-state index in [1.807, 2.05) is 18.7 Å². The molecule has 2 aromatic carbocycles. The molecule has 3 aliphatic heterocycles. The number of thioether (sulfide) groups is 1. The van der Waals surface area contributed by atoms with Crippen LogP contribution in [0.1, 0.15) is 32.3 Å². The maximum absolute atomic E-state index is 12.4. The molecule has 0 aliphatic carbocycles. The highest BCUT2D eigenvalue weighted by Crippen LogP contribution is 2.41. The first kappa shape index (κ1) is 24.4. The Morgan fingerprint density at radius 1 is 1.00 bits per heavy atom. The molecule has 0 N–H and O–H groups in total. The molecule has 35 heavy (non-hydrogen) atoms. The summed E-state index contributed by atoms with van der Waals surface area (Å²) in [5, 5.41) is 0.546. The molecule has 186 valence electrons. The number of amidine groups is 1. The minimum Gasteiger partial charge on any atom is -0.372 e. The summed E-state index contributed by atoms with van der Waals surface area (Å²) in [4.78, 5) is 21.2. The van der Waals surface area contributed by atoms with Crippen molar-refractivity contribution in [3.63, 3.8) is 0 Å². The fourth-order valence-corrected chi connectivity index (χ4v) is 9.18. The van der Waals surface area contributed by atoms with Crippen LogP contribution >= 0.6 is 11.8 Å². The molecule has 0 unspecified atom stereocenters. The van der Waals surface area contributed by atoms with E-state index in [4.69, 9.17) is 0 Å². The van der Waals surface area contributed by atoms with Crippen LogP contribution in [0.5, 0.6) is 0 Å². The van der Waals surface area contributed by atoms with Crippen molar-refractivity contribution in [1.29, 1.82) is 0 Å². The Hall–Kier alpha value is -2.32. The number of nitrogens with zero attached hydrogens (tertiary/aromatic N) is 3. The highest BCUT2D eigenvalue weighted by molar-refractivity contribution is 8.16. The number of rotatable bonds is 5. The molecule has 0 spiro atoms. The predicted octanol–water partition coefficient (Wildman–Crippen LogP) is 4.40. The van der Waals surface area contributed by atoms with E-state index in [9.17, 15) is 13.2 Å². The molecule has 2 atom stereocenters. The third-order valence-electron chi connectivity index (χ3n) is 7.24. The average molecular weight is 512 g/mol. The van der Waals surface area contributed by atoms with Crippen LogP contribution in [0.25, 0.3) is 0 Å². The van der Waals surface area contributed by atoms with Crippen LogP contribution in [0.4, 0.5) is 11.4 Å². The summed E-state index contributed by atoms with van der Waals surface area (Å²) in [6.07, 6.45) is 3.49. The molecule has 6 nitrogen and oxygen atoms in total. The lowest BCUT2D eigenvalue weighted by molar-refractivity contribution is -0.120. The number of carbonyl (C=O) groups is 1. The smallest absolute Gasteiger partial charge is 0.250 e. The number of aliphatic imine (C=N–C) groups is 1. The van der Waals surface area contributed by atoms with E-state index in [-0.39, 0.29) is 34.6 Å². The summed E-state index contributed by atoms with van der Waals surface area (Å²) in [7, 11) is -3.08. The minimum atomic E-state index is -3.08. The molecule has 3 fully saturated rings. The Labute approximate surface area is 212 Å². The molecule has 3 aliphatic rings. The van der Waals surface area contributed by atoms with Crippen molar-refractivity contribution in [3.05, 3.63) is 60.2 Å². The SMILES string of the molecule is CC(C)C(=O)N=C1S[C@@H]2CS(=O)(=O)C[C@H]2N1c1ccc(N2CCC(Cc3ccccc3)CC2)cc1. The summed E-state index contributed by atoms with van der Waals surface area (Å²) in [6.45, 7) is 5.74. The Morgan fingerprint density at radius 2 is 1.66 bits per heavy atom. The van der Waals surface area contributed by atoms with Gasteiger partial charge in [-0.1, -0.05) is 55.9 Å². The minimum absolute atomic E-state index is 0.0815. The zero-order valence-electron chi connectivity index (χ0n) is 20.3. The first-order chi connectivity index (χ1) is 16.8. The number of hydrogen-bond acceptors (Lipinski definition) is 5. The van der Waals surface area contributed by atoms with Gasteiger partial charge in [-0.2, -0.15) is 4.99 Å². The van der Waals surface area contributed by atoms with E-state index in [2.05, 4.69) is 64.5 Å². The van der Waals surface area contributed by atoms with E-state index >= 15 is 0 Å². The number of amides is 1. The lowest BCUT2D eigenvalue weighted by Crippen LogP contribution is -2.38. The molecule has 3 saturated heterocycles. The summed E-state index contributed by atoms with van der Waals surface area (Å²) in [5.41, 5.74) is 3.51. The van der Waals surface area contributed by atoms with Crippen molar-refractivity contribution >= 4 is 44.0 Å². The molecule has 0 bridgehead atoms. The maximum atomic E-state index is 12.4. The number of fused-ring (bicyclic) bond motifs is 1. The Bertz CT molecular complexity index is 1190. The second kappa shape index (κ2) is 9.97. The zero-order valence-corrected chi connectivity index (χ0v) is 22.0. The summed E-state index contributed by atoms with van der Waals surface area (Å²) in [5.74, 6) is 0.602. The third-order valence-corrected chi connectivity index (χ3v) is 10.5. The Kier molecular flexibility index (Phi) is 6.95. The van der Waals surface area contributed by atoms with Gasteiger partial charge in [0, 0.05) is 35.6 Å². The number of sulfone groups is 1. The first-order valence-corrected chi connectivity index (χ1v) is 15.2. The van der Waals surface area contributed by atoms with Gasteiger partial charge < -0.3 is 9.80 Å². The van der Waals surface area contributed by atoms with Crippen LogP contribution in [0, 0.1) is 11.8 Å². The highest BCUT2D eigenvalue weighted by Gasteiger charge is 2.49. The van der Waals surface area contributed by atoms with Crippen molar-refractivity contribution in [2.24, 2.45) is 16.8 Å². The first-order valence-electron chi connectivity index (χ1n) is 12.5. The lowest BCUT2D eigenvalue weighted by Gasteiger charge is -2.34. The standard InChI is InChI=1S/C27H33N3O3S2/c1-19(2)26(31)28-27-30(24-17-35(32,33)18-25(24)34-27)23-10-8-22(9-11-23)29-14-12-21(13-15-29)16-20-6-4-3-5-7-20/h3-11,19,21,24-25H,12-18H2,1-2H3/t24-,25-/m1/s1. The van der Waals surface area contributed by atoms with Gasteiger partial charge in [-0.15, -0.1) is 0 Å². The number of hydrogen-bond donors (Lipinski definition) is 0. The van der Waals surface area contributed by atoms with Gasteiger partial charge in [0.1, 0.15) is 0 Å². The number of anilines is 2. The van der Waals surface area contributed by atoms with Gasteiger partial charge >= 0.3 is 0 Å². The molecule has 5 rings (SSSR count). The fourth-order valence-electron chi connectivity index (χ4n) is 5.26. The predicted molar refractivity (Wildman–Crippen MR) is 145 cm³/mol. The molecule has 2 aromatic rings. The quantitative estimate of drug-likeness (QED) is 0.593. The van der Waals surface area contributed by atoms with Crippen LogP contribution in [-0.4, -0.2) is 55.4 Å². The van der Waals surface area contributed by atoms with Gasteiger partial charge in [-0.05, 0) is 55.0 Å². The third kappa shape index (κ3) is 5.43. The molecular weight excluding hydrogens is 478 g/mol. The molecule has 0 saturated carbocycles. The van der Waals surface area contributed by atoms with E-state index in [1.54, 1.807) is 0 Å². The largest absolute Gasteiger partial charge is 0.372 e. The van der Waals surface area contributed by atoms with Crippen LogP contribution < -0.4 is 9.80 Å². The van der Waals surface area contributed by atoms with Crippen LogP contribution in [0.2, 0.25) is 0 Å². The molecule has 1 amide bonds. The molecule has 0 radical (unpaired) electrons. The summed E-state index contributed by atoms with van der Waals surface area (Å²) >= 11 is 1.43. The Morgan fingerprint density at radius 3 is 2.31 bits per heavy atom. The van der Waals surface area contributed by atoms with Crippen molar-refractivity contribution in [1.82, 2.24) is 0 Å². The van der Waals surface area contributed by atoms with Gasteiger partial charge in [0.2, 0.25) is 0 Å². The van der Waals surface area contributed by atoms with Gasteiger partial charge in [-0.25, -0.2) is 8.42 Å². The zero-order chi connectivity index (χ0) is 24.6. The molecular formula is C27H33N3O3S2. The molecule has 8 heteroatoms. The van der Waals surface area contributed by atoms with Crippen LogP contribution in [0.3, 0.4) is 0 Å². The fraction of sp³-hybridized carbons (Fsp3) is 0.481. The van der Waals surface area contributed by atoms with Crippen LogP contribution in [-0.2, 0) is 21.1 Å². The van der Waals surface area contributed by atoms with Crippen molar-refractivity contribution in [3.8, 4) is 0 Å². The van der Waals surface area contributed by atoms with Crippen molar-refractivity contribution in [2.45, 2.75) is 44.4 Å². The van der Waals surface area contributed by atoms with E-state index in [0.717, 1.165) is 25.2 Å². The molecule has 0 aromatic heterocycles. The van der Waals surface area contributed by atoms with Crippen molar-refractivity contribution in [2.75, 3.05) is 34.4 Å². The summed E-state index contributed by atoms with van der Waals surface area (Å²) < 4.78 is 24.6.